The molecule has 1 aromatic carbocycles. The highest BCUT2D eigenvalue weighted by atomic mass is 19.1. The first kappa shape index (κ1) is 15.1. The number of nitriles is 1. The summed E-state index contributed by atoms with van der Waals surface area (Å²) in [6.45, 7) is 2.13. The average molecular weight is 323 g/mol. The van der Waals surface area contributed by atoms with E-state index in [1.165, 1.54) is 6.07 Å². The molecule has 0 aliphatic heterocycles. The van der Waals surface area contributed by atoms with Crippen LogP contribution in [0.3, 0.4) is 0 Å². The number of hydrogen-bond acceptors (Lipinski definition) is 3. The zero-order valence-electron chi connectivity index (χ0n) is 13.6. The van der Waals surface area contributed by atoms with Crippen LogP contribution in [0.2, 0.25) is 0 Å². The predicted molar refractivity (Wildman–Crippen MR) is 88.5 cm³/mol. The molecule has 122 valence electrons. The third-order valence-corrected chi connectivity index (χ3v) is 5.59. The number of unbranched alkanes of at least 4 members (excludes halogenated alkanes) is 1. The third kappa shape index (κ3) is 1.89. The zero-order chi connectivity index (χ0) is 16.9. The van der Waals surface area contributed by atoms with Crippen LogP contribution < -0.4 is 0 Å². The smallest absolute Gasteiger partial charge is 0.173 e. The topological polar surface area (TPSA) is 69.5 Å². The van der Waals surface area contributed by atoms with Crippen molar-refractivity contribution in [2.24, 2.45) is 5.41 Å². The third-order valence-electron chi connectivity index (χ3n) is 5.59. The van der Waals surface area contributed by atoms with Crippen LogP contribution in [0.25, 0.3) is 16.5 Å². The lowest BCUT2D eigenvalue weighted by Gasteiger charge is -2.35. The van der Waals surface area contributed by atoms with E-state index < -0.39 is 0 Å². The van der Waals surface area contributed by atoms with E-state index in [-0.39, 0.29) is 22.6 Å². The predicted octanol–water partition coefficient (Wildman–Crippen LogP) is 4.07. The fraction of sp³-hybridized carbons (Fsp3) is 0.421. The van der Waals surface area contributed by atoms with Crippen molar-refractivity contribution in [1.29, 1.82) is 5.26 Å². The quantitative estimate of drug-likeness (QED) is 0.925. The van der Waals surface area contributed by atoms with E-state index in [2.05, 4.69) is 23.2 Å². The first-order valence-electron chi connectivity index (χ1n) is 8.44. The molecule has 1 unspecified atom stereocenters. The minimum Gasteiger partial charge on any atom is -0.293 e. The van der Waals surface area contributed by atoms with Gasteiger partial charge in [0.05, 0.1) is 11.8 Å². The van der Waals surface area contributed by atoms with Gasteiger partial charge in [-0.25, -0.2) is 4.39 Å². The summed E-state index contributed by atoms with van der Waals surface area (Å²) in [5.41, 5.74) is 2.97. The molecule has 1 N–H and O–H groups in total. The molecule has 1 aromatic heterocycles. The second kappa shape index (κ2) is 5.27. The Balaban J connectivity index is 2.03. The number of halogens is 1. The Bertz CT molecular complexity index is 934. The van der Waals surface area contributed by atoms with Crippen molar-refractivity contribution < 1.29 is 9.18 Å². The van der Waals surface area contributed by atoms with E-state index >= 15 is 0 Å². The van der Waals surface area contributed by atoms with Gasteiger partial charge in [-0.2, -0.15) is 10.4 Å². The maximum atomic E-state index is 14.5. The number of fused-ring (bicyclic) bond motifs is 5. The molecule has 0 fully saturated rings. The zero-order valence-corrected chi connectivity index (χ0v) is 13.6. The molecular formula is C19H18FN3O. The normalized spacial score (nSPS) is 22.6. The van der Waals surface area contributed by atoms with Gasteiger partial charge >= 0.3 is 0 Å². The molecule has 0 bridgehead atoms. The second-order valence-corrected chi connectivity index (χ2v) is 6.89. The van der Waals surface area contributed by atoms with E-state index in [1.807, 2.05) is 0 Å². The van der Waals surface area contributed by atoms with Crippen LogP contribution in [-0.2, 0) is 11.2 Å². The second-order valence-electron chi connectivity index (χ2n) is 6.89. The number of benzene rings is 1. The maximum absolute atomic E-state index is 14.5. The highest BCUT2D eigenvalue weighted by Gasteiger charge is 2.47. The number of H-pyrrole nitrogens is 1. The van der Waals surface area contributed by atoms with Crippen molar-refractivity contribution in [3.63, 3.8) is 0 Å². The van der Waals surface area contributed by atoms with Gasteiger partial charge in [-0.05, 0) is 42.0 Å². The van der Waals surface area contributed by atoms with E-state index in [0.717, 1.165) is 54.2 Å². The summed E-state index contributed by atoms with van der Waals surface area (Å²) in [4.78, 5) is 12.3. The van der Waals surface area contributed by atoms with Gasteiger partial charge in [0.2, 0.25) is 0 Å². The van der Waals surface area contributed by atoms with Gasteiger partial charge in [-0.15, -0.1) is 0 Å². The van der Waals surface area contributed by atoms with Gasteiger partial charge in [0, 0.05) is 17.2 Å². The first-order valence-corrected chi connectivity index (χ1v) is 8.44. The monoisotopic (exact) mass is 323 g/mol. The minimum absolute atomic E-state index is 0.111. The molecule has 4 rings (SSSR count). The molecule has 5 heteroatoms. The summed E-state index contributed by atoms with van der Waals surface area (Å²) >= 11 is 0. The molecule has 24 heavy (non-hydrogen) atoms. The van der Waals surface area contributed by atoms with Crippen molar-refractivity contribution >= 4 is 22.3 Å². The molecule has 0 spiro atoms. The lowest BCUT2D eigenvalue weighted by Crippen LogP contribution is -2.28. The fourth-order valence-electron chi connectivity index (χ4n) is 4.46. The Hall–Kier alpha value is -2.48. The van der Waals surface area contributed by atoms with Crippen molar-refractivity contribution in [2.45, 2.75) is 45.4 Å². The van der Waals surface area contributed by atoms with Crippen LogP contribution in [0.1, 0.15) is 50.2 Å². The Morgan fingerprint density at radius 1 is 1.50 bits per heavy atom. The number of Topliss-reactive ketones (excluding diaryl/α,β-unsaturated/α-hetero) is 1. The Labute approximate surface area is 139 Å². The minimum atomic E-state index is -0.379. The van der Waals surface area contributed by atoms with Crippen molar-refractivity contribution in [1.82, 2.24) is 10.2 Å². The van der Waals surface area contributed by atoms with Crippen molar-refractivity contribution in [3.05, 3.63) is 34.8 Å². The summed E-state index contributed by atoms with van der Waals surface area (Å²) in [6.07, 6.45) is 6.55. The van der Waals surface area contributed by atoms with Gasteiger partial charge in [0.25, 0.3) is 0 Å². The van der Waals surface area contributed by atoms with Crippen molar-refractivity contribution in [2.75, 3.05) is 0 Å². The number of carbonyl (C=O) groups is 1. The Morgan fingerprint density at radius 3 is 3.08 bits per heavy atom. The van der Waals surface area contributed by atoms with Crippen molar-refractivity contribution in [3.8, 4) is 6.07 Å². The van der Waals surface area contributed by atoms with Gasteiger partial charge in [0.1, 0.15) is 17.4 Å². The number of aromatic nitrogens is 2. The highest BCUT2D eigenvalue weighted by Crippen LogP contribution is 2.57. The Kier molecular flexibility index (Phi) is 3.31. The van der Waals surface area contributed by atoms with Crippen LogP contribution in [0.5, 0.6) is 0 Å². The van der Waals surface area contributed by atoms with E-state index in [1.54, 1.807) is 6.20 Å². The van der Waals surface area contributed by atoms with Crippen LogP contribution in [0, 0.1) is 22.6 Å². The van der Waals surface area contributed by atoms with E-state index in [9.17, 15) is 14.4 Å². The van der Waals surface area contributed by atoms with Gasteiger partial charge < -0.3 is 0 Å². The molecule has 1 atom stereocenters. The number of aromatic amines is 1. The summed E-state index contributed by atoms with van der Waals surface area (Å²) in [5, 5.41) is 17.0. The fourth-order valence-corrected chi connectivity index (χ4v) is 4.46. The van der Waals surface area contributed by atoms with Gasteiger partial charge in [-0.1, -0.05) is 19.8 Å². The summed E-state index contributed by atoms with van der Waals surface area (Å²) in [6, 6.07) is 3.59. The van der Waals surface area contributed by atoms with Gasteiger partial charge in [0.15, 0.2) is 5.78 Å². The number of nitrogens with one attached hydrogen (secondary N) is 1. The first-order chi connectivity index (χ1) is 11.6. The van der Waals surface area contributed by atoms with E-state index in [0.29, 0.717) is 11.9 Å². The molecule has 0 saturated heterocycles. The van der Waals surface area contributed by atoms with Crippen LogP contribution in [0.15, 0.2) is 17.8 Å². The molecule has 0 amide bonds. The standard InChI is InChI=1S/C19H18FN3O/c1-2-3-5-19-6-4-16(24)13(9-21)17(19)11-7-15(20)18-14(10-22-23-18)12(11)8-19/h7,10H,2-6,8H2,1H3,(H,22,23). The van der Waals surface area contributed by atoms with Crippen LogP contribution in [-0.4, -0.2) is 16.0 Å². The molecule has 2 aliphatic carbocycles. The number of rotatable bonds is 3. The molecule has 2 aliphatic rings. The lowest BCUT2D eigenvalue weighted by atomic mass is 9.67. The Morgan fingerprint density at radius 2 is 2.33 bits per heavy atom. The maximum Gasteiger partial charge on any atom is 0.173 e. The largest absolute Gasteiger partial charge is 0.293 e. The highest BCUT2D eigenvalue weighted by molar-refractivity contribution is 6.10. The van der Waals surface area contributed by atoms with Crippen LogP contribution in [0.4, 0.5) is 4.39 Å². The SMILES string of the molecule is CCCCC12CCC(=O)C(C#N)=C1c1cc(F)c3[nH]ncc3c1C2. The molecule has 2 aromatic rings. The summed E-state index contributed by atoms with van der Waals surface area (Å²) < 4.78 is 14.5. The van der Waals surface area contributed by atoms with E-state index in [4.69, 9.17) is 0 Å². The molecular weight excluding hydrogens is 305 g/mol. The lowest BCUT2D eigenvalue weighted by molar-refractivity contribution is -0.116. The summed E-state index contributed by atoms with van der Waals surface area (Å²) in [7, 11) is 0. The number of allylic oxidation sites excluding steroid dienone is 2. The van der Waals surface area contributed by atoms with Gasteiger partial charge in [-0.3, -0.25) is 9.89 Å². The molecule has 1 heterocycles. The summed E-state index contributed by atoms with van der Waals surface area (Å²) in [5.74, 6) is -0.490. The van der Waals surface area contributed by atoms with Crippen LogP contribution >= 0.6 is 0 Å². The number of hydrogen-bond donors (Lipinski definition) is 1. The number of nitrogens with zero attached hydrogens (tertiary/aromatic N) is 2. The average Bonchev–Trinajstić information content (AvgIpc) is 3.17. The molecule has 0 saturated carbocycles. The molecule has 0 radical (unpaired) electrons. The number of carbonyl (C=O) groups excluding carboxylic acids is 1. The number of ketones is 1. The molecule has 4 nitrogen and oxygen atoms in total.